The summed E-state index contributed by atoms with van der Waals surface area (Å²) in [4.78, 5) is 26.7. The summed E-state index contributed by atoms with van der Waals surface area (Å²) in [5.41, 5.74) is 0.362. The number of carbonyl (C=O) groups excluding carboxylic acids is 2. The van der Waals surface area contributed by atoms with Crippen molar-refractivity contribution in [1.82, 2.24) is 9.62 Å². The van der Waals surface area contributed by atoms with Crippen LogP contribution in [-0.4, -0.2) is 44.6 Å². The van der Waals surface area contributed by atoms with Gasteiger partial charge in [0.05, 0.1) is 10.5 Å². The second-order valence-corrected chi connectivity index (χ2v) is 8.71. The fourth-order valence-electron chi connectivity index (χ4n) is 3.46. The van der Waals surface area contributed by atoms with E-state index >= 15 is 0 Å². The first-order valence-corrected chi connectivity index (χ1v) is 11.0. The molecule has 0 saturated carbocycles. The van der Waals surface area contributed by atoms with Gasteiger partial charge in [-0.2, -0.15) is 0 Å². The van der Waals surface area contributed by atoms with Crippen LogP contribution < -0.4 is 4.72 Å². The number of benzene rings is 2. The van der Waals surface area contributed by atoms with Crippen LogP contribution in [0.15, 0.2) is 53.4 Å². The molecule has 1 N–H and O–H groups in total. The molecule has 1 fully saturated rings. The number of nitrogens with zero attached hydrogens (tertiary/aromatic N) is 1. The molecule has 1 aliphatic rings. The number of hydrogen-bond acceptors (Lipinski definition) is 4. The molecule has 8 heteroatoms. The molecule has 0 aromatic heterocycles. The van der Waals surface area contributed by atoms with E-state index in [1.54, 1.807) is 19.1 Å². The molecular formula is C21H23FN2O4S. The summed E-state index contributed by atoms with van der Waals surface area (Å²) in [7, 11) is -3.80. The predicted octanol–water partition coefficient (Wildman–Crippen LogP) is 2.86. The van der Waals surface area contributed by atoms with Gasteiger partial charge < -0.3 is 4.90 Å². The normalized spacial score (nSPS) is 15.3. The average Bonchev–Trinajstić information content (AvgIpc) is 2.73. The number of amides is 1. The zero-order chi connectivity index (χ0) is 21.0. The number of rotatable bonds is 6. The van der Waals surface area contributed by atoms with E-state index in [-0.39, 0.29) is 28.7 Å². The molecule has 0 radical (unpaired) electrons. The lowest BCUT2D eigenvalue weighted by atomic mass is 9.88. The lowest BCUT2D eigenvalue weighted by Crippen LogP contribution is -2.40. The Morgan fingerprint density at radius 1 is 1.10 bits per heavy atom. The lowest BCUT2D eigenvalue weighted by molar-refractivity contribution is 0.0646. The molecule has 1 heterocycles. The lowest BCUT2D eigenvalue weighted by Gasteiger charge is -2.31. The molecule has 1 aliphatic heterocycles. The SMILES string of the molecule is CCNS(=O)(=O)c1ccc(F)c(C(=O)N2CCC(C(=O)c3ccccc3)CC2)c1. The Kier molecular flexibility index (Phi) is 6.44. The number of nitrogens with one attached hydrogen (secondary N) is 1. The summed E-state index contributed by atoms with van der Waals surface area (Å²) in [6.07, 6.45) is 0.965. The zero-order valence-corrected chi connectivity index (χ0v) is 16.9. The Balaban J connectivity index is 1.72. The van der Waals surface area contributed by atoms with Gasteiger partial charge in [0, 0.05) is 31.1 Å². The van der Waals surface area contributed by atoms with Crippen molar-refractivity contribution in [3.05, 3.63) is 65.5 Å². The summed E-state index contributed by atoms with van der Waals surface area (Å²) in [5.74, 6) is -1.48. The minimum Gasteiger partial charge on any atom is -0.339 e. The Bertz CT molecular complexity index is 1000. The third kappa shape index (κ3) is 4.71. The van der Waals surface area contributed by atoms with E-state index in [0.717, 1.165) is 18.2 Å². The molecule has 154 valence electrons. The quantitative estimate of drug-likeness (QED) is 0.732. The van der Waals surface area contributed by atoms with Crippen molar-refractivity contribution < 1.29 is 22.4 Å². The van der Waals surface area contributed by atoms with Gasteiger partial charge in [0.15, 0.2) is 5.78 Å². The van der Waals surface area contributed by atoms with Crippen LogP contribution in [0.1, 0.15) is 40.5 Å². The Labute approximate surface area is 169 Å². The van der Waals surface area contributed by atoms with Gasteiger partial charge in [-0.15, -0.1) is 0 Å². The summed E-state index contributed by atoms with van der Waals surface area (Å²) in [6, 6.07) is 12.2. The summed E-state index contributed by atoms with van der Waals surface area (Å²) >= 11 is 0. The van der Waals surface area contributed by atoms with E-state index in [2.05, 4.69) is 4.72 Å². The summed E-state index contributed by atoms with van der Waals surface area (Å²) in [5, 5.41) is 0. The highest BCUT2D eigenvalue weighted by Gasteiger charge is 2.30. The number of ketones is 1. The maximum atomic E-state index is 14.3. The molecule has 0 aliphatic carbocycles. The van der Waals surface area contributed by atoms with Gasteiger partial charge in [-0.1, -0.05) is 37.3 Å². The number of sulfonamides is 1. The van der Waals surface area contributed by atoms with Crippen LogP contribution >= 0.6 is 0 Å². The third-order valence-corrected chi connectivity index (χ3v) is 6.57. The van der Waals surface area contributed by atoms with E-state index in [1.807, 2.05) is 18.2 Å². The molecule has 1 amide bonds. The highest BCUT2D eigenvalue weighted by molar-refractivity contribution is 7.89. The van der Waals surface area contributed by atoms with Gasteiger partial charge >= 0.3 is 0 Å². The molecule has 0 spiro atoms. The number of piperidine rings is 1. The minimum absolute atomic E-state index is 0.0441. The number of likely N-dealkylation sites (tertiary alicyclic amines) is 1. The van der Waals surface area contributed by atoms with E-state index in [0.29, 0.717) is 31.5 Å². The first kappa shape index (κ1) is 21.1. The van der Waals surface area contributed by atoms with E-state index < -0.39 is 21.7 Å². The standard InChI is InChI=1S/C21H23FN2O4S/c1-2-23-29(27,28)17-8-9-19(22)18(14-17)21(26)24-12-10-16(11-13-24)20(25)15-6-4-3-5-7-15/h3-9,14,16,23H,2,10-13H2,1H3. The molecule has 2 aromatic carbocycles. The molecule has 6 nitrogen and oxygen atoms in total. The number of carbonyl (C=O) groups is 2. The first-order chi connectivity index (χ1) is 13.8. The van der Waals surface area contributed by atoms with Gasteiger partial charge in [0.2, 0.25) is 10.0 Å². The summed E-state index contributed by atoms with van der Waals surface area (Å²) < 4.78 is 40.9. The minimum atomic E-state index is -3.80. The Morgan fingerprint density at radius 3 is 2.38 bits per heavy atom. The van der Waals surface area contributed by atoms with Crippen LogP contribution in [0.25, 0.3) is 0 Å². The van der Waals surface area contributed by atoms with Gasteiger partial charge in [0.25, 0.3) is 5.91 Å². The second kappa shape index (κ2) is 8.84. The topological polar surface area (TPSA) is 83.6 Å². The molecule has 3 rings (SSSR count). The van der Waals surface area contributed by atoms with E-state index in [4.69, 9.17) is 0 Å². The average molecular weight is 418 g/mol. The van der Waals surface area contributed by atoms with Gasteiger partial charge in [-0.3, -0.25) is 9.59 Å². The van der Waals surface area contributed by atoms with Crippen LogP contribution in [0, 0.1) is 11.7 Å². The van der Waals surface area contributed by atoms with Crippen LogP contribution in [0.3, 0.4) is 0 Å². The summed E-state index contributed by atoms with van der Waals surface area (Å²) in [6.45, 7) is 2.44. The first-order valence-electron chi connectivity index (χ1n) is 9.51. The predicted molar refractivity (Wildman–Crippen MR) is 107 cm³/mol. The number of hydrogen-bond donors (Lipinski definition) is 1. The molecular weight excluding hydrogens is 395 g/mol. The molecule has 1 saturated heterocycles. The number of Topliss-reactive ketones (excluding diaryl/α,β-unsaturated/α-hetero) is 1. The van der Waals surface area contributed by atoms with Crippen LogP contribution in [0.2, 0.25) is 0 Å². The van der Waals surface area contributed by atoms with Gasteiger partial charge in [0.1, 0.15) is 5.82 Å². The van der Waals surface area contributed by atoms with E-state index in [1.165, 1.54) is 4.90 Å². The van der Waals surface area contributed by atoms with Crippen molar-refractivity contribution in [3.63, 3.8) is 0 Å². The Hall–Kier alpha value is -2.58. The monoisotopic (exact) mass is 418 g/mol. The van der Waals surface area contributed by atoms with Crippen molar-refractivity contribution in [3.8, 4) is 0 Å². The highest BCUT2D eigenvalue weighted by Crippen LogP contribution is 2.24. The smallest absolute Gasteiger partial charge is 0.256 e. The molecule has 0 unspecified atom stereocenters. The van der Waals surface area contributed by atoms with E-state index in [9.17, 15) is 22.4 Å². The van der Waals surface area contributed by atoms with Crippen molar-refractivity contribution in [2.75, 3.05) is 19.6 Å². The molecule has 0 bridgehead atoms. The molecule has 29 heavy (non-hydrogen) atoms. The fourth-order valence-corrected chi connectivity index (χ4v) is 4.53. The van der Waals surface area contributed by atoms with Crippen molar-refractivity contribution in [2.45, 2.75) is 24.7 Å². The van der Waals surface area contributed by atoms with Crippen LogP contribution in [0.5, 0.6) is 0 Å². The zero-order valence-electron chi connectivity index (χ0n) is 16.1. The van der Waals surface area contributed by atoms with Crippen molar-refractivity contribution in [1.29, 1.82) is 0 Å². The third-order valence-electron chi connectivity index (χ3n) is 5.02. The van der Waals surface area contributed by atoms with Crippen molar-refractivity contribution in [2.24, 2.45) is 5.92 Å². The highest BCUT2D eigenvalue weighted by atomic mass is 32.2. The van der Waals surface area contributed by atoms with Crippen molar-refractivity contribution >= 4 is 21.7 Å². The van der Waals surface area contributed by atoms with Gasteiger partial charge in [-0.25, -0.2) is 17.5 Å². The Morgan fingerprint density at radius 2 is 1.76 bits per heavy atom. The van der Waals surface area contributed by atoms with Crippen LogP contribution in [-0.2, 0) is 10.0 Å². The largest absolute Gasteiger partial charge is 0.339 e. The maximum absolute atomic E-state index is 14.3. The van der Waals surface area contributed by atoms with Crippen LogP contribution in [0.4, 0.5) is 4.39 Å². The van der Waals surface area contributed by atoms with Gasteiger partial charge in [-0.05, 0) is 31.0 Å². The fraction of sp³-hybridized carbons (Fsp3) is 0.333. The second-order valence-electron chi connectivity index (χ2n) is 6.94. The molecule has 0 atom stereocenters. The molecule has 2 aromatic rings. The number of halogens is 1. The maximum Gasteiger partial charge on any atom is 0.256 e.